The molecule has 1 aromatic rings. The molecule has 108 valence electrons. The highest BCUT2D eigenvalue weighted by Crippen LogP contribution is 2.19. The predicted octanol–water partition coefficient (Wildman–Crippen LogP) is 2.52. The summed E-state index contributed by atoms with van der Waals surface area (Å²) in [5.74, 6) is 0.00857. The first kappa shape index (κ1) is 14.8. The highest BCUT2D eigenvalue weighted by Gasteiger charge is 2.20. The Balaban J connectivity index is 1.87. The monoisotopic (exact) mass is 272 g/mol. The molecule has 1 aliphatic rings. The summed E-state index contributed by atoms with van der Waals surface area (Å²) in [7, 11) is 0. The van der Waals surface area contributed by atoms with Crippen molar-refractivity contribution in [1.29, 1.82) is 0 Å². The van der Waals surface area contributed by atoms with E-state index in [1.165, 1.54) is 11.1 Å². The first-order chi connectivity index (χ1) is 9.56. The van der Waals surface area contributed by atoms with Crippen molar-refractivity contribution in [1.82, 2.24) is 10.2 Å². The SMILES string of the molecule is CC(C)=CC(=O)NCC(C)N1CCc2ccccc2C1. The quantitative estimate of drug-likeness (QED) is 0.854. The summed E-state index contributed by atoms with van der Waals surface area (Å²) in [6, 6.07) is 8.99. The molecule has 0 aromatic heterocycles. The molecule has 1 aromatic carbocycles. The first-order valence-electron chi connectivity index (χ1n) is 7.30. The van der Waals surface area contributed by atoms with E-state index < -0.39 is 0 Å². The number of allylic oxidation sites excluding steroid dienone is 1. The second-order valence-corrected chi connectivity index (χ2v) is 5.81. The van der Waals surface area contributed by atoms with E-state index in [0.717, 1.165) is 25.1 Å². The van der Waals surface area contributed by atoms with E-state index in [1.54, 1.807) is 6.08 Å². The standard InChI is InChI=1S/C17H24N2O/c1-13(2)10-17(20)18-11-14(3)19-9-8-15-6-4-5-7-16(15)12-19/h4-7,10,14H,8-9,11-12H2,1-3H3,(H,18,20). The number of carbonyl (C=O) groups excluding carboxylic acids is 1. The molecule has 1 atom stereocenters. The van der Waals surface area contributed by atoms with Gasteiger partial charge in [-0.05, 0) is 38.3 Å². The lowest BCUT2D eigenvalue weighted by molar-refractivity contribution is -0.116. The largest absolute Gasteiger partial charge is 0.351 e. The molecule has 3 nitrogen and oxygen atoms in total. The van der Waals surface area contributed by atoms with Crippen molar-refractivity contribution in [2.24, 2.45) is 0 Å². The van der Waals surface area contributed by atoms with Crippen LogP contribution in [0.2, 0.25) is 0 Å². The molecule has 0 fully saturated rings. The molecule has 1 amide bonds. The summed E-state index contributed by atoms with van der Waals surface area (Å²) >= 11 is 0. The highest BCUT2D eigenvalue weighted by molar-refractivity contribution is 5.88. The number of nitrogens with one attached hydrogen (secondary N) is 1. The summed E-state index contributed by atoms with van der Waals surface area (Å²) in [6.07, 6.45) is 2.75. The van der Waals surface area contributed by atoms with Crippen LogP contribution < -0.4 is 5.32 Å². The summed E-state index contributed by atoms with van der Waals surface area (Å²) in [5, 5.41) is 2.98. The molecule has 0 spiro atoms. The van der Waals surface area contributed by atoms with Gasteiger partial charge in [0.15, 0.2) is 0 Å². The molecule has 0 bridgehead atoms. The van der Waals surface area contributed by atoms with Crippen molar-refractivity contribution < 1.29 is 4.79 Å². The molecule has 0 saturated heterocycles. The molecule has 1 N–H and O–H groups in total. The van der Waals surface area contributed by atoms with Gasteiger partial charge in [0.25, 0.3) is 0 Å². The number of amides is 1. The molecule has 20 heavy (non-hydrogen) atoms. The van der Waals surface area contributed by atoms with Crippen LogP contribution in [0, 0.1) is 0 Å². The van der Waals surface area contributed by atoms with E-state index in [2.05, 4.69) is 41.4 Å². The van der Waals surface area contributed by atoms with Gasteiger partial charge in [0, 0.05) is 31.8 Å². The van der Waals surface area contributed by atoms with Gasteiger partial charge < -0.3 is 5.32 Å². The van der Waals surface area contributed by atoms with E-state index in [4.69, 9.17) is 0 Å². The van der Waals surface area contributed by atoms with Gasteiger partial charge in [-0.2, -0.15) is 0 Å². The van der Waals surface area contributed by atoms with Gasteiger partial charge in [0.1, 0.15) is 0 Å². The second-order valence-electron chi connectivity index (χ2n) is 5.81. The Labute approximate surface area is 121 Å². The van der Waals surface area contributed by atoms with Gasteiger partial charge in [0.2, 0.25) is 5.91 Å². The Hall–Kier alpha value is -1.61. The maximum absolute atomic E-state index is 11.6. The summed E-state index contributed by atoms with van der Waals surface area (Å²) < 4.78 is 0. The summed E-state index contributed by atoms with van der Waals surface area (Å²) in [4.78, 5) is 14.1. The Kier molecular flexibility index (Phi) is 4.96. The van der Waals surface area contributed by atoms with Gasteiger partial charge in [-0.3, -0.25) is 9.69 Å². The molecule has 3 heteroatoms. The van der Waals surface area contributed by atoms with E-state index in [-0.39, 0.29) is 5.91 Å². The van der Waals surface area contributed by atoms with Gasteiger partial charge in [-0.25, -0.2) is 0 Å². The van der Waals surface area contributed by atoms with Crippen molar-refractivity contribution in [3.63, 3.8) is 0 Å². The van der Waals surface area contributed by atoms with Crippen LogP contribution in [0.15, 0.2) is 35.9 Å². The third-order valence-electron chi connectivity index (χ3n) is 3.77. The van der Waals surface area contributed by atoms with Gasteiger partial charge >= 0.3 is 0 Å². The Morgan fingerprint density at radius 1 is 1.35 bits per heavy atom. The molecular weight excluding hydrogens is 248 g/mol. The maximum atomic E-state index is 11.6. The van der Waals surface area contributed by atoms with Crippen LogP contribution in [-0.2, 0) is 17.8 Å². The molecule has 0 aliphatic carbocycles. The lowest BCUT2D eigenvalue weighted by Crippen LogP contribution is -2.44. The van der Waals surface area contributed by atoms with Gasteiger partial charge in [0.05, 0.1) is 0 Å². The molecule has 1 unspecified atom stereocenters. The van der Waals surface area contributed by atoms with E-state index in [9.17, 15) is 4.79 Å². The van der Waals surface area contributed by atoms with Crippen molar-refractivity contribution in [2.45, 2.75) is 39.8 Å². The van der Waals surface area contributed by atoms with E-state index in [0.29, 0.717) is 12.6 Å². The fourth-order valence-electron chi connectivity index (χ4n) is 2.58. The number of hydrogen-bond acceptors (Lipinski definition) is 2. The number of rotatable bonds is 4. The van der Waals surface area contributed by atoms with Crippen LogP contribution >= 0.6 is 0 Å². The smallest absolute Gasteiger partial charge is 0.243 e. The predicted molar refractivity (Wildman–Crippen MR) is 82.5 cm³/mol. The molecule has 0 radical (unpaired) electrons. The second kappa shape index (κ2) is 6.71. The number of benzene rings is 1. The summed E-state index contributed by atoms with van der Waals surface area (Å²) in [6.45, 7) is 8.79. The normalized spacial score (nSPS) is 16.1. The lowest BCUT2D eigenvalue weighted by Gasteiger charge is -2.33. The van der Waals surface area contributed by atoms with Crippen LogP contribution in [0.25, 0.3) is 0 Å². The van der Waals surface area contributed by atoms with Crippen LogP contribution in [0.5, 0.6) is 0 Å². The molecule has 0 saturated carbocycles. The zero-order chi connectivity index (χ0) is 14.5. The maximum Gasteiger partial charge on any atom is 0.243 e. The lowest BCUT2D eigenvalue weighted by atomic mass is 9.99. The molecular formula is C17H24N2O. The zero-order valence-electron chi connectivity index (χ0n) is 12.6. The Morgan fingerprint density at radius 2 is 2.05 bits per heavy atom. The minimum atomic E-state index is 0.00857. The van der Waals surface area contributed by atoms with Crippen molar-refractivity contribution in [3.05, 3.63) is 47.0 Å². The van der Waals surface area contributed by atoms with Crippen LogP contribution in [0.3, 0.4) is 0 Å². The molecule has 1 aliphatic heterocycles. The van der Waals surface area contributed by atoms with Crippen LogP contribution in [0.1, 0.15) is 31.9 Å². The van der Waals surface area contributed by atoms with Crippen LogP contribution in [0.4, 0.5) is 0 Å². The van der Waals surface area contributed by atoms with Crippen molar-refractivity contribution >= 4 is 5.91 Å². The van der Waals surface area contributed by atoms with Crippen molar-refractivity contribution in [2.75, 3.05) is 13.1 Å². The van der Waals surface area contributed by atoms with Crippen molar-refractivity contribution in [3.8, 4) is 0 Å². The first-order valence-corrected chi connectivity index (χ1v) is 7.30. The zero-order valence-corrected chi connectivity index (χ0v) is 12.6. The summed E-state index contributed by atoms with van der Waals surface area (Å²) in [5.41, 5.74) is 3.91. The van der Waals surface area contributed by atoms with E-state index >= 15 is 0 Å². The average molecular weight is 272 g/mol. The number of carbonyl (C=O) groups is 1. The van der Waals surface area contributed by atoms with Gasteiger partial charge in [-0.15, -0.1) is 0 Å². The number of nitrogens with zero attached hydrogens (tertiary/aromatic N) is 1. The minimum Gasteiger partial charge on any atom is -0.351 e. The topological polar surface area (TPSA) is 32.3 Å². The minimum absolute atomic E-state index is 0.00857. The molecule has 2 rings (SSSR count). The third-order valence-corrected chi connectivity index (χ3v) is 3.77. The number of fused-ring (bicyclic) bond motifs is 1. The Morgan fingerprint density at radius 3 is 2.75 bits per heavy atom. The Bertz CT molecular complexity index is 503. The number of hydrogen-bond donors (Lipinski definition) is 1. The highest BCUT2D eigenvalue weighted by atomic mass is 16.1. The fraction of sp³-hybridized carbons (Fsp3) is 0.471. The van der Waals surface area contributed by atoms with Gasteiger partial charge in [-0.1, -0.05) is 29.8 Å². The van der Waals surface area contributed by atoms with E-state index in [1.807, 2.05) is 13.8 Å². The third kappa shape index (κ3) is 3.94. The average Bonchev–Trinajstić information content (AvgIpc) is 2.43. The molecule has 1 heterocycles. The fourth-order valence-corrected chi connectivity index (χ4v) is 2.58. The van der Waals surface area contributed by atoms with Crippen LogP contribution in [-0.4, -0.2) is 29.9 Å².